The maximum absolute atomic E-state index is 6.03. The number of nitrogens with zero attached hydrogens (tertiary/aromatic N) is 3. The van der Waals surface area contributed by atoms with E-state index >= 15 is 0 Å². The second-order valence-electron chi connectivity index (χ2n) is 4.30. The van der Waals surface area contributed by atoms with E-state index < -0.39 is 0 Å². The molecule has 1 aliphatic heterocycles. The molecule has 1 aromatic rings. The van der Waals surface area contributed by atoms with E-state index in [0.29, 0.717) is 16.9 Å². The number of nitrogens with one attached hydrogen (secondary N) is 1. The summed E-state index contributed by atoms with van der Waals surface area (Å²) >= 11 is 6.03. The number of rotatable bonds is 3. The Bertz CT molecular complexity index is 384. The highest BCUT2D eigenvalue weighted by molar-refractivity contribution is 6.32. The first-order valence-electron chi connectivity index (χ1n) is 5.96. The van der Waals surface area contributed by atoms with Crippen molar-refractivity contribution in [1.82, 2.24) is 14.9 Å². The minimum Gasteiger partial charge on any atom is -0.368 e. The molecule has 0 spiro atoms. The van der Waals surface area contributed by atoms with Crippen LogP contribution in [-0.2, 0) is 0 Å². The number of likely N-dealkylation sites (tertiary alicyclic amines) is 1. The SMILES string of the molecule is CCN1CCCC(Nc2nc(N)ncc2Cl)C1. The summed E-state index contributed by atoms with van der Waals surface area (Å²) in [6, 6.07) is 0.385. The molecule has 0 saturated carbocycles. The zero-order valence-electron chi connectivity index (χ0n) is 9.99. The molecule has 1 saturated heterocycles. The lowest BCUT2D eigenvalue weighted by Gasteiger charge is -2.32. The van der Waals surface area contributed by atoms with Crippen LogP contribution in [0.5, 0.6) is 0 Å². The van der Waals surface area contributed by atoms with Crippen LogP contribution in [0.25, 0.3) is 0 Å². The number of nitrogens with two attached hydrogens (primary N) is 1. The molecular formula is C11H18ClN5. The van der Waals surface area contributed by atoms with Crippen molar-refractivity contribution in [3.05, 3.63) is 11.2 Å². The first-order chi connectivity index (χ1) is 8.19. The van der Waals surface area contributed by atoms with Gasteiger partial charge in [-0.2, -0.15) is 4.98 Å². The van der Waals surface area contributed by atoms with Crippen LogP contribution < -0.4 is 11.1 Å². The number of nitrogen functional groups attached to an aromatic ring is 1. The largest absolute Gasteiger partial charge is 0.368 e. The summed E-state index contributed by atoms with van der Waals surface area (Å²) in [7, 11) is 0. The van der Waals surface area contributed by atoms with Crippen molar-refractivity contribution in [2.24, 2.45) is 0 Å². The fourth-order valence-corrected chi connectivity index (χ4v) is 2.28. The van der Waals surface area contributed by atoms with Gasteiger partial charge in [-0.3, -0.25) is 0 Å². The third-order valence-electron chi connectivity index (χ3n) is 3.06. The lowest BCUT2D eigenvalue weighted by molar-refractivity contribution is 0.226. The fraction of sp³-hybridized carbons (Fsp3) is 0.636. The Labute approximate surface area is 106 Å². The summed E-state index contributed by atoms with van der Waals surface area (Å²) in [4.78, 5) is 10.4. The van der Waals surface area contributed by atoms with Gasteiger partial charge in [-0.15, -0.1) is 0 Å². The van der Waals surface area contributed by atoms with Gasteiger partial charge in [-0.1, -0.05) is 18.5 Å². The molecule has 0 aliphatic carbocycles. The third kappa shape index (κ3) is 3.20. The van der Waals surface area contributed by atoms with Crippen LogP contribution in [0.1, 0.15) is 19.8 Å². The lowest BCUT2D eigenvalue weighted by atomic mass is 10.1. The van der Waals surface area contributed by atoms with Gasteiger partial charge in [0.1, 0.15) is 5.02 Å². The van der Waals surface area contributed by atoms with E-state index in [9.17, 15) is 0 Å². The fourth-order valence-electron chi connectivity index (χ4n) is 2.14. The second-order valence-corrected chi connectivity index (χ2v) is 4.71. The number of hydrogen-bond donors (Lipinski definition) is 2. The lowest BCUT2D eigenvalue weighted by Crippen LogP contribution is -2.42. The predicted octanol–water partition coefficient (Wildman–Crippen LogP) is 1.61. The van der Waals surface area contributed by atoms with E-state index in [1.165, 1.54) is 19.2 Å². The summed E-state index contributed by atoms with van der Waals surface area (Å²) in [5, 5.41) is 3.87. The van der Waals surface area contributed by atoms with E-state index in [1.807, 2.05) is 0 Å². The standard InChI is InChI=1S/C11H18ClN5/c1-2-17-5-3-4-8(7-17)15-10-9(12)6-14-11(13)16-10/h6,8H,2-5,7H2,1H3,(H3,13,14,15,16). The quantitative estimate of drug-likeness (QED) is 0.859. The molecule has 0 amide bonds. The molecule has 1 unspecified atom stereocenters. The van der Waals surface area contributed by atoms with Crippen molar-refractivity contribution in [3.63, 3.8) is 0 Å². The molecule has 1 aromatic heterocycles. The van der Waals surface area contributed by atoms with Gasteiger partial charge < -0.3 is 16.0 Å². The number of aromatic nitrogens is 2. The zero-order chi connectivity index (χ0) is 12.3. The molecule has 0 bridgehead atoms. The highest BCUT2D eigenvalue weighted by atomic mass is 35.5. The first kappa shape index (κ1) is 12.4. The van der Waals surface area contributed by atoms with Crippen LogP contribution in [0.15, 0.2) is 6.20 Å². The molecule has 2 rings (SSSR count). The number of anilines is 2. The topological polar surface area (TPSA) is 67.1 Å². The highest BCUT2D eigenvalue weighted by Crippen LogP contribution is 2.21. The van der Waals surface area contributed by atoms with Crippen LogP contribution >= 0.6 is 11.6 Å². The normalized spacial score (nSPS) is 21.4. The van der Waals surface area contributed by atoms with E-state index in [2.05, 4.69) is 27.1 Å². The van der Waals surface area contributed by atoms with Crippen molar-refractivity contribution in [1.29, 1.82) is 0 Å². The Morgan fingerprint density at radius 1 is 1.65 bits per heavy atom. The van der Waals surface area contributed by atoms with Crippen molar-refractivity contribution < 1.29 is 0 Å². The zero-order valence-corrected chi connectivity index (χ0v) is 10.7. The van der Waals surface area contributed by atoms with Gasteiger partial charge in [0, 0.05) is 12.6 Å². The van der Waals surface area contributed by atoms with Crippen LogP contribution in [0.2, 0.25) is 5.02 Å². The molecule has 1 aliphatic rings. The molecule has 5 nitrogen and oxygen atoms in total. The van der Waals surface area contributed by atoms with Crippen molar-refractivity contribution in [2.45, 2.75) is 25.8 Å². The highest BCUT2D eigenvalue weighted by Gasteiger charge is 2.19. The molecule has 0 radical (unpaired) electrons. The second kappa shape index (κ2) is 5.51. The number of piperidine rings is 1. The third-order valence-corrected chi connectivity index (χ3v) is 3.33. The molecule has 6 heteroatoms. The molecular weight excluding hydrogens is 238 g/mol. The van der Waals surface area contributed by atoms with Gasteiger partial charge in [-0.05, 0) is 25.9 Å². The van der Waals surface area contributed by atoms with Crippen LogP contribution in [0, 0.1) is 0 Å². The molecule has 1 fully saturated rings. The summed E-state index contributed by atoms with van der Waals surface area (Å²) in [5.74, 6) is 0.891. The van der Waals surface area contributed by atoms with Crippen LogP contribution in [0.3, 0.4) is 0 Å². The maximum atomic E-state index is 6.03. The average Bonchev–Trinajstić information content (AvgIpc) is 2.34. The Hall–Kier alpha value is -1.07. The van der Waals surface area contributed by atoms with Gasteiger partial charge in [0.15, 0.2) is 5.82 Å². The number of halogens is 1. The summed E-state index contributed by atoms with van der Waals surface area (Å²) in [5.41, 5.74) is 5.55. The van der Waals surface area contributed by atoms with E-state index in [-0.39, 0.29) is 5.95 Å². The van der Waals surface area contributed by atoms with E-state index in [0.717, 1.165) is 19.5 Å². The maximum Gasteiger partial charge on any atom is 0.222 e. The Morgan fingerprint density at radius 3 is 3.24 bits per heavy atom. The summed E-state index contributed by atoms with van der Waals surface area (Å²) in [6.45, 7) is 5.46. The first-order valence-corrected chi connectivity index (χ1v) is 6.33. The molecule has 3 N–H and O–H groups in total. The predicted molar refractivity (Wildman–Crippen MR) is 70.2 cm³/mol. The summed E-state index contributed by atoms with van der Waals surface area (Å²) < 4.78 is 0. The molecule has 17 heavy (non-hydrogen) atoms. The molecule has 94 valence electrons. The van der Waals surface area contributed by atoms with Gasteiger partial charge in [0.05, 0.1) is 6.20 Å². The minimum atomic E-state index is 0.250. The molecule has 1 atom stereocenters. The van der Waals surface area contributed by atoms with Crippen LogP contribution in [-0.4, -0.2) is 40.5 Å². The van der Waals surface area contributed by atoms with E-state index in [4.69, 9.17) is 17.3 Å². The monoisotopic (exact) mass is 255 g/mol. The van der Waals surface area contributed by atoms with Crippen molar-refractivity contribution >= 4 is 23.4 Å². The summed E-state index contributed by atoms with van der Waals surface area (Å²) in [6.07, 6.45) is 3.87. The Kier molecular flexibility index (Phi) is 4.02. The number of hydrogen-bond acceptors (Lipinski definition) is 5. The van der Waals surface area contributed by atoms with Gasteiger partial charge in [0.25, 0.3) is 0 Å². The Morgan fingerprint density at radius 2 is 2.47 bits per heavy atom. The van der Waals surface area contributed by atoms with Crippen LogP contribution in [0.4, 0.5) is 11.8 Å². The van der Waals surface area contributed by atoms with Crippen molar-refractivity contribution in [2.75, 3.05) is 30.7 Å². The van der Waals surface area contributed by atoms with Gasteiger partial charge in [0.2, 0.25) is 5.95 Å². The van der Waals surface area contributed by atoms with Gasteiger partial charge >= 0.3 is 0 Å². The van der Waals surface area contributed by atoms with E-state index in [1.54, 1.807) is 0 Å². The smallest absolute Gasteiger partial charge is 0.222 e. The Balaban J connectivity index is 2.02. The minimum absolute atomic E-state index is 0.250. The number of likely N-dealkylation sites (N-methyl/N-ethyl adjacent to an activating group) is 1. The van der Waals surface area contributed by atoms with Crippen molar-refractivity contribution in [3.8, 4) is 0 Å². The van der Waals surface area contributed by atoms with Gasteiger partial charge in [-0.25, -0.2) is 4.98 Å². The molecule has 2 heterocycles. The average molecular weight is 256 g/mol. The molecule has 0 aromatic carbocycles.